The minimum absolute atomic E-state index is 0.0676. The highest BCUT2D eigenvalue weighted by Crippen LogP contribution is 2.37. The molecule has 61 heavy (non-hydrogen) atoms. The molecule has 0 N–H and O–H groups in total. The standard InChI is InChI=1S/C49H98N2O6S4/c1-9-11-13-15-17-19-21-23-25-27-36-54-38-42-58-48(3,4)60-44-40-56-46(52)30-34-50(7)32-29-33-51(8)35-31-47(53)57-41-45-61-49(5,6)59-43-39-55-37-28-26-24-22-20-18-16-14-12-10-2/h9-45H2,1-8H3. The summed E-state index contributed by atoms with van der Waals surface area (Å²) in [7, 11) is 4.10. The van der Waals surface area contributed by atoms with Gasteiger partial charge in [-0.05, 0) is 74.1 Å². The second kappa shape index (κ2) is 44.0. The van der Waals surface area contributed by atoms with E-state index < -0.39 is 0 Å². The van der Waals surface area contributed by atoms with Gasteiger partial charge in [-0.3, -0.25) is 9.59 Å². The molecule has 0 unspecified atom stereocenters. The third kappa shape index (κ3) is 46.5. The zero-order chi connectivity index (χ0) is 45.1. The Hall–Kier alpha value is 0.180. The molecule has 0 aromatic rings. The van der Waals surface area contributed by atoms with Crippen molar-refractivity contribution < 1.29 is 28.5 Å². The molecule has 0 radical (unpaired) electrons. The molecular weight excluding hydrogens is 841 g/mol. The van der Waals surface area contributed by atoms with Gasteiger partial charge in [0.2, 0.25) is 0 Å². The molecule has 0 aliphatic heterocycles. The fourth-order valence-electron chi connectivity index (χ4n) is 6.79. The SMILES string of the molecule is CCCCCCCCCCCCOCCSC(C)(C)SCCOC(=O)CCN(C)CCCN(C)CCC(=O)OCCSC(C)(C)SCCOCCCCCCCCCCCC. The van der Waals surface area contributed by atoms with Crippen LogP contribution in [0, 0.1) is 0 Å². The normalized spacial score (nSPS) is 12.2. The number of carbonyl (C=O) groups excluding carboxylic acids is 2. The largest absolute Gasteiger partial charge is 0.465 e. The number of carbonyl (C=O) groups is 2. The van der Waals surface area contributed by atoms with Gasteiger partial charge in [0, 0.05) is 49.3 Å². The van der Waals surface area contributed by atoms with Crippen LogP contribution in [0.2, 0.25) is 0 Å². The van der Waals surface area contributed by atoms with E-state index in [4.69, 9.17) is 18.9 Å². The molecule has 0 aliphatic rings. The van der Waals surface area contributed by atoms with Crippen LogP contribution in [0.25, 0.3) is 0 Å². The van der Waals surface area contributed by atoms with Crippen molar-refractivity contribution in [1.29, 1.82) is 0 Å². The first-order chi connectivity index (χ1) is 29.4. The predicted molar refractivity (Wildman–Crippen MR) is 274 cm³/mol. The summed E-state index contributed by atoms with van der Waals surface area (Å²) in [6, 6.07) is 0. The van der Waals surface area contributed by atoms with Gasteiger partial charge in [-0.15, -0.1) is 47.0 Å². The molecule has 0 fully saturated rings. The lowest BCUT2D eigenvalue weighted by Crippen LogP contribution is -2.29. The molecule has 0 aromatic carbocycles. The maximum absolute atomic E-state index is 12.4. The monoisotopic (exact) mass is 939 g/mol. The van der Waals surface area contributed by atoms with E-state index in [1.54, 1.807) is 0 Å². The van der Waals surface area contributed by atoms with Gasteiger partial charge in [0.05, 0.1) is 34.2 Å². The van der Waals surface area contributed by atoms with Crippen LogP contribution in [0.1, 0.15) is 189 Å². The predicted octanol–water partition coefficient (Wildman–Crippen LogP) is 13.4. The van der Waals surface area contributed by atoms with Crippen LogP contribution in [-0.4, -0.2) is 133 Å². The second-order valence-corrected chi connectivity index (χ2v) is 25.1. The smallest absolute Gasteiger partial charge is 0.307 e. The number of ether oxygens (including phenoxy) is 4. The van der Waals surface area contributed by atoms with E-state index in [9.17, 15) is 9.59 Å². The summed E-state index contributed by atoms with van der Waals surface area (Å²) in [6.07, 6.45) is 28.8. The second-order valence-electron chi connectivity index (χ2n) is 17.7. The number of hydrogen-bond acceptors (Lipinski definition) is 12. The molecule has 364 valence electrons. The maximum atomic E-state index is 12.4. The van der Waals surface area contributed by atoms with Crippen molar-refractivity contribution in [1.82, 2.24) is 9.80 Å². The number of rotatable bonds is 48. The summed E-state index contributed by atoms with van der Waals surface area (Å²) in [5, 5.41) is 0. The number of nitrogens with zero attached hydrogens (tertiary/aromatic N) is 2. The molecule has 0 spiro atoms. The van der Waals surface area contributed by atoms with Crippen molar-refractivity contribution in [2.24, 2.45) is 0 Å². The summed E-state index contributed by atoms with van der Waals surface area (Å²) >= 11 is 7.53. The Morgan fingerprint density at radius 2 is 0.689 bits per heavy atom. The minimum atomic E-state index is -0.130. The van der Waals surface area contributed by atoms with Crippen molar-refractivity contribution >= 4 is 59.0 Å². The van der Waals surface area contributed by atoms with Gasteiger partial charge >= 0.3 is 11.9 Å². The first kappa shape index (κ1) is 61.2. The molecular formula is C49H98N2O6S4. The third-order valence-electron chi connectivity index (χ3n) is 10.7. The van der Waals surface area contributed by atoms with Crippen LogP contribution in [0.4, 0.5) is 0 Å². The number of thioether (sulfide) groups is 4. The highest BCUT2D eigenvalue weighted by molar-refractivity contribution is 8.18. The van der Waals surface area contributed by atoms with Crippen molar-refractivity contribution in [3.8, 4) is 0 Å². The lowest BCUT2D eigenvalue weighted by Gasteiger charge is -2.23. The lowest BCUT2D eigenvalue weighted by molar-refractivity contribution is -0.144. The molecule has 12 heteroatoms. The van der Waals surface area contributed by atoms with Gasteiger partial charge in [0.1, 0.15) is 13.2 Å². The Bertz CT molecular complexity index is 905. The Morgan fingerprint density at radius 3 is 1.02 bits per heavy atom. The van der Waals surface area contributed by atoms with Gasteiger partial charge in [-0.1, -0.05) is 129 Å². The van der Waals surface area contributed by atoms with Gasteiger partial charge in [0.15, 0.2) is 0 Å². The molecule has 0 heterocycles. The quantitative estimate of drug-likeness (QED) is 0.0331. The summed E-state index contributed by atoms with van der Waals surface area (Å²) in [4.78, 5) is 29.1. The fourth-order valence-corrected chi connectivity index (χ4v) is 11.2. The van der Waals surface area contributed by atoms with E-state index in [-0.39, 0.29) is 20.1 Å². The average molecular weight is 940 g/mol. The topological polar surface area (TPSA) is 77.5 Å². The van der Waals surface area contributed by atoms with E-state index in [1.165, 1.54) is 128 Å². The first-order valence-corrected chi connectivity index (χ1v) is 28.7. The summed E-state index contributed by atoms with van der Waals surface area (Å²) in [5.74, 6) is 3.31. The van der Waals surface area contributed by atoms with Gasteiger partial charge < -0.3 is 28.7 Å². The van der Waals surface area contributed by atoms with Crippen LogP contribution in [0.15, 0.2) is 0 Å². The Kier molecular flexibility index (Phi) is 44.2. The van der Waals surface area contributed by atoms with Crippen LogP contribution in [-0.2, 0) is 28.5 Å². The fraction of sp³-hybridized carbons (Fsp3) is 0.959. The van der Waals surface area contributed by atoms with Gasteiger partial charge in [-0.2, -0.15) is 0 Å². The molecule has 0 aromatic heterocycles. The average Bonchev–Trinajstić information content (AvgIpc) is 3.22. The summed E-state index contributed by atoms with van der Waals surface area (Å²) in [5.41, 5.74) is 0. The van der Waals surface area contributed by atoms with Crippen LogP contribution >= 0.6 is 47.0 Å². The molecule has 0 rings (SSSR count). The molecule has 0 saturated heterocycles. The Morgan fingerprint density at radius 1 is 0.393 bits per heavy atom. The van der Waals surface area contributed by atoms with E-state index in [0.717, 1.165) is 68.9 Å². The van der Waals surface area contributed by atoms with Crippen LogP contribution < -0.4 is 0 Å². The van der Waals surface area contributed by atoms with Crippen molar-refractivity contribution in [2.45, 2.75) is 197 Å². The molecule has 0 bridgehead atoms. The summed E-state index contributed by atoms with van der Waals surface area (Å²) in [6.45, 7) is 20.9. The van der Waals surface area contributed by atoms with Gasteiger partial charge in [0.25, 0.3) is 0 Å². The maximum Gasteiger partial charge on any atom is 0.307 e. The Labute approximate surface area is 395 Å². The third-order valence-corrected chi connectivity index (χ3v) is 16.4. The molecule has 0 saturated carbocycles. The van der Waals surface area contributed by atoms with Crippen molar-refractivity contribution in [3.63, 3.8) is 0 Å². The number of unbranched alkanes of at least 4 members (excludes halogenated alkanes) is 18. The number of esters is 2. The van der Waals surface area contributed by atoms with Crippen molar-refractivity contribution in [3.05, 3.63) is 0 Å². The minimum Gasteiger partial charge on any atom is -0.465 e. The van der Waals surface area contributed by atoms with Crippen molar-refractivity contribution in [2.75, 3.05) is 103 Å². The zero-order valence-corrected chi connectivity index (χ0v) is 44.4. The lowest BCUT2D eigenvalue weighted by atomic mass is 10.1. The van der Waals surface area contributed by atoms with E-state index in [2.05, 4.69) is 51.3 Å². The Balaban J connectivity index is 3.70. The highest BCUT2D eigenvalue weighted by Gasteiger charge is 2.20. The van der Waals surface area contributed by atoms with E-state index in [0.29, 0.717) is 39.1 Å². The molecule has 8 nitrogen and oxygen atoms in total. The number of hydrogen-bond donors (Lipinski definition) is 0. The molecule has 0 atom stereocenters. The highest BCUT2D eigenvalue weighted by atomic mass is 32.2. The zero-order valence-electron chi connectivity index (χ0n) is 41.1. The molecule has 0 aliphatic carbocycles. The summed E-state index contributed by atoms with van der Waals surface area (Å²) < 4.78 is 23.0. The van der Waals surface area contributed by atoms with Gasteiger partial charge in [-0.25, -0.2) is 0 Å². The molecule has 0 amide bonds. The van der Waals surface area contributed by atoms with Crippen LogP contribution in [0.5, 0.6) is 0 Å². The van der Waals surface area contributed by atoms with E-state index >= 15 is 0 Å². The van der Waals surface area contributed by atoms with Crippen LogP contribution in [0.3, 0.4) is 0 Å². The first-order valence-electron chi connectivity index (χ1n) is 24.8. The van der Waals surface area contributed by atoms with E-state index in [1.807, 2.05) is 61.1 Å².